The smallest absolute Gasteiger partial charge is 0.230 e. The van der Waals surface area contributed by atoms with E-state index in [-0.39, 0.29) is 12.3 Å². The summed E-state index contributed by atoms with van der Waals surface area (Å²) in [7, 11) is 0. The Kier molecular flexibility index (Phi) is 4.42. The van der Waals surface area contributed by atoms with Crippen LogP contribution in [-0.2, 0) is 11.2 Å². The lowest BCUT2D eigenvalue weighted by Crippen LogP contribution is -2.14. The highest BCUT2D eigenvalue weighted by molar-refractivity contribution is 7.13. The average molecular weight is 401 g/mol. The number of carbonyl (C=O) groups excluding carboxylic acids is 1. The summed E-state index contributed by atoms with van der Waals surface area (Å²) in [6, 6.07) is 18.7. The first-order valence-corrected chi connectivity index (χ1v) is 9.87. The monoisotopic (exact) mass is 401 g/mol. The first kappa shape index (κ1) is 17.4. The number of oxazole rings is 1. The number of nitrogens with one attached hydrogen (secondary N) is 1. The minimum Gasteiger partial charge on any atom is -0.462 e. The number of hydrogen-bond donors (Lipinski definition) is 1. The molecule has 142 valence electrons. The molecule has 0 aliphatic heterocycles. The van der Waals surface area contributed by atoms with Gasteiger partial charge in [-0.25, -0.2) is 9.97 Å². The Morgan fingerprint density at radius 2 is 1.86 bits per heavy atom. The summed E-state index contributed by atoms with van der Waals surface area (Å²) in [4.78, 5) is 21.3. The van der Waals surface area contributed by atoms with Gasteiger partial charge in [0.1, 0.15) is 5.52 Å². The van der Waals surface area contributed by atoms with Gasteiger partial charge in [0.15, 0.2) is 16.4 Å². The second kappa shape index (κ2) is 7.37. The summed E-state index contributed by atoms with van der Waals surface area (Å²) >= 11 is 1.45. The number of fused-ring (bicyclic) bond motifs is 1. The topological polar surface area (TPSA) is 81.2 Å². The van der Waals surface area contributed by atoms with Crippen molar-refractivity contribution in [3.63, 3.8) is 0 Å². The summed E-state index contributed by atoms with van der Waals surface area (Å²) in [6.07, 6.45) is 1.80. The van der Waals surface area contributed by atoms with Crippen LogP contribution in [0.1, 0.15) is 5.69 Å². The number of para-hydroxylation sites is 2. The van der Waals surface area contributed by atoms with Gasteiger partial charge in [-0.2, -0.15) is 0 Å². The number of furan rings is 1. The van der Waals surface area contributed by atoms with Crippen LogP contribution in [0.4, 0.5) is 5.69 Å². The summed E-state index contributed by atoms with van der Waals surface area (Å²) in [5, 5.41) is 5.52. The highest BCUT2D eigenvalue weighted by Gasteiger charge is 2.12. The Balaban J connectivity index is 1.25. The zero-order chi connectivity index (χ0) is 19.6. The normalized spacial score (nSPS) is 11.0. The van der Waals surface area contributed by atoms with Crippen molar-refractivity contribution in [1.29, 1.82) is 0 Å². The zero-order valence-electron chi connectivity index (χ0n) is 15.2. The predicted octanol–water partition coefficient (Wildman–Crippen LogP) is 5.39. The lowest BCUT2D eigenvalue weighted by atomic mass is 10.2. The van der Waals surface area contributed by atoms with Gasteiger partial charge in [0.2, 0.25) is 11.8 Å². The van der Waals surface area contributed by atoms with Crippen LogP contribution in [-0.4, -0.2) is 15.9 Å². The molecule has 0 saturated heterocycles. The van der Waals surface area contributed by atoms with Gasteiger partial charge in [-0.05, 0) is 48.5 Å². The molecule has 29 heavy (non-hydrogen) atoms. The molecule has 0 spiro atoms. The van der Waals surface area contributed by atoms with E-state index < -0.39 is 0 Å². The van der Waals surface area contributed by atoms with E-state index in [2.05, 4.69) is 15.3 Å². The number of thiazole rings is 1. The van der Waals surface area contributed by atoms with Crippen LogP contribution in [0.15, 0.2) is 81.1 Å². The molecule has 6 nitrogen and oxygen atoms in total. The Hall–Kier alpha value is -3.71. The van der Waals surface area contributed by atoms with Crippen LogP contribution >= 0.6 is 11.3 Å². The number of anilines is 1. The molecule has 1 amide bonds. The largest absolute Gasteiger partial charge is 0.462 e. The van der Waals surface area contributed by atoms with E-state index in [0.717, 1.165) is 21.7 Å². The number of hydrogen-bond acceptors (Lipinski definition) is 6. The summed E-state index contributed by atoms with van der Waals surface area (Å²) in [6.45, 7) is 0. The molecule has 7 heteroatoms. The molecule has 0 saturated carbocycles. The molecule has 0 radical (unpaired) electrons. The molecule has 2 aromatic carbocycles. The van der Waals surface area contributed by atoms with Crippen molar-refractivity contribution in [3.05, 3.63) is 78.0 Å². The Morgan fingerprint density at radius 1 is 1.00 bits per heavy atom. The standard InChI is InChI=1S/C22H15N3O3S/c26-20(12-16-13-29-22(24-16)19-6-3-11-27-19)23-15-9-7-14(8-10-15)21-25-17-4-1-2-5-18(17)28-21/h1-11,13H,12H2,(H,23,26). The van der Waals surface area contributed by atoms with E-state index in [0.29, 0.717) is 23.0 Å². The molecule has 0 atom stereocenters. The summed E-state index contributed by atoms with van der Waals surface area (Å²) in [5.74, 6) is 1.13. The molecule has 5 aromatic rings. The fourth-order valence-corrected chi connectivity index (χ4v) is 3.75. The predicted molar refractivity (Wildman–Crippen MR) is 112 cm³/mol. The van der Waals surface area contributed by atoms with E-state index in [9.17, 15) is 4.79 Å². The van der Waals surface area contributed by atoms with Gasteiger partial charge in [-0.15, -0.1) is 11.3 Å². The lowest BCUT2D eigenvalue weighted by molar-refractivity contribution is -0.115. The summed E-state index contributed by atoms with van der Waals surface area (Å²) < 4.78 is 11.1. The Morgan fingerprint density at radius 3 is 2.66 bits per heavy atom. The van der Waals surface area contributed by atoms with Crippen molar-refractivity contribution in [2.45, 2.75) is 6.42 Å². The third-order valence-corrected chi connectivity index (χ3v) is 5.24. The number of carbonyl (C=O) groups is 1. The lowest BCUT2D eigenvalue weighted by Gasteiger charge is -2.04. The molecule has 5 rings (SSSR count). The number of rotatable bonds is 5. The average Bonchev–Trinajstić information content (AvgIpc) is 3.48. The van der Waals surface area contributed by atoms with E-state index in [1.165, 1.54) is 11.3 Å². The van der Waals surface area contributed by atoms with E-state index >= 15 is 0 Å². The fraction of sp³-hybridized carbons (Fsp3) is 0.0455. The van der Waals surface area contributed by atoms with Crippen molar-refractivity contribution in [2.75, 3.05) is 5.32 Å². The van der Waals surface area contributed by atoms with Gasteiger partial charge in [-0.3, -0.25) is 4.79 Å². The van der Waals surface area contributed by atoms with E-state index in [1.807, 2.05) is 66.0 Å². The third kappa shape index (κ3) is 3.68. The van der Waals surface area contributed by atoms with Gasteiger partial charge in [0.05, 0.1) is 18.4 Å². The van der Waals surface area contributed by atoms with Gasteiger partial charge in [-0.1, -0.05) is 12.1 Å². The molecule has 3 heterocycles. The van der Waals surface area contributed by atoms with E-state index in [4.69, 9.17) is 8.83 Å². The van der Waals surface area contributed by atoms with Gasteiger partial charge >= 0.3 is 0 Å². The van der Waals surface area contributed by atoms with Gasteiger partial charge in [0, 0.05) is 16.6 Å². The van der Waals surface area contributed by atoms with Crippen LogP contribution in [0.25, 0.3) is 33.3 Å². The van der Waals surface area contributed by atoms with Crippen molar-refractivity contribution >= 4 is 34.0 Å². The fourth-order valence-electron chi connectivity index (χ4n) is 2.96. The van der Waals surface area contributed by atoms with Crippen molar-refractivity contribution in [1.82, 2.24) is 9.97 Å². The van der Waals surface area contributed by atoms with E-state index in [1.54, 1.807) is 6.26 Å². The quantitative estimate of drug-likeness (QED) is 0.427. The molecule has 3 aromatic heterocycles. The maximum absolute atomic E-state index is 12.3. The molecule has 0 bridgehead atoms. The van der Waals surface area contributed by atoms with Crippen LogP contribution in [0.3, 0.4) is 0 Å². The van der Waals surface area contributed by atoms with Crippen LogP contribution in [0.5, 0.6) is 0 Å². The molecular weight excluding hydrogens is 386 g/mol. The van der Waals surface area contributed by atoms with Gasteiger partial charge in [0.25, 0.3) is 0 Å². The van der Waals surface area contributed by atoms with Crippen molar-refractivity contribution < 1.29 is 13.6 Å². The molecule has 0 aliphatic carbocycles. The highest BCUT2D eigenvalue weighted by atomic mass is 32.1. The van der Waals surface area contributed by atoms with Crippen LogP contribution in [0, 0.1) is 0 Å². The molecule has 0 fully saturated rings. The first-order valence-electron chi connectivity index (χ1n) is 8.99. The first-order chi connectivity index (χ1) is 14.2. The minimum atomic E-state index is -0.129. The Labute approximate surface area is 169 Å². The molecule has 0 aliphatic rings. The van der Waals surface area contributed by atoms with Crippen molar-refractivity contribution in [2.24, 2.45) is 0 Å². The second-order valence-electron chi connectivity index (χ2n) is 6.41. The maximum Gasteiger partial charge on any atom is 0.230 e. The molecular formula is C22H15N3O3S. The third-order valence-electron chi connectivity index (χ3n) is 4.33. The van der Waals surface area contributed by atoms with Crippen LogP contribution in [0.2, 0.25) is 0 Å². The Bertz CT molecular complexity index is 1240. The maximum atomic E-state index is 12.3. The number of aromatic nitrogens is 2. The number of amides is 1. The second-order valence-corrected chi connectivity index (χ2v) is 7.27. The molecule has 1 N–H and O–H groups in total. The summed E-state index contributed by atoms with van der Waals surface area (Å²) in [5.41, 5.74) is 3.83. The minimum absolute atomic E-state index is 0.129. The molecule has 0 unspecified atom stereocenters. The number of benzene rings is 2. The number of nitrogens with zero attached hydrogens (tertiary/aromatic N) is 2. The van der Waals surface area contributed by atoms with Crippen molar-refractivity contribution in [3.8, 4) is 22.2 Å². The SMILES string of the molecule is O=C(Cc1csc(-c2ccco2)n1)Nc1ccc(-c2nc3ccccc3o2)cc1. The van der Waals surface area contributed by atoms with Gasteiger partial charge < -0.3 is 14.2 Å². The van der Waals surface area contributed by atoms with Crippen LogP contribution < -0.4 is 5.32 Å². The zero-order valence-corrected chi connectivity index (χ0v) is 16.0. The highest BCUT2D eigenvalue weighted by Crippen LogP contribution is 2.26.